The first-order valence-electron chi connectivity index (χ1n) is 5.15. The van der Waals surface area contributed by atoms with Gasteiger partial charge in [0.05, 0.1) is 5.69 Å². The Morgan fingerprint density at radius 1 is 1.20 bits per heavy atom. The van der Waals surface area contributed by atoms with Crippen LogP contribution in [-0.2, 0) is 0 Å². The van der Waals surface area contributed by atoms with E-state index in [1.54, 1.807) is 12.1 Å². The number of piperazine rings is 1. The molecule has 1 aromatic carbocycles. The highest BCUT2D eigenvalue weighted by Crippen LogP contribution is 2.21. The number of benzene rings is 1. The first-order valence-corrected chi connectivity index (χ1v) is 5.15. The first kappa shape index (κ1) is 10.2. The molecule has 1 aliphatic heterocycles. The molecule has 0 aromatic heterocycles. The van der Waals surface area contributed by atoms with Crippen molar-refractivity contribution >= 4 is 11.4 Å². The molecule has 82 valence electrons. The largest absolute Gasteiger partial charge is 0.396 e. The number of rotatable bonds is 1. The van der Waals surface area contributed by atoms with Gasteiger partial charge in [-0.2, -0.15) is 0 Å². The molecule has 0 spiro atoms. The van der Waals surface area contributed by atoms with Crippen LogP contribution in [0.15, 0.2) is 18.2 Å². The molecule has 1 saturated heterocycles. The molecule has 1 aromatic rings. The number of hydrogen-bond acceptors (Lipinski definition) is 3. The van der Waals surface area contributed by atoms with Gasteiger partial charge in [0, 0.05) is 31.9 Å². The van der Waals surface area contributed by atoms with Gasteiger partial charge in [0.1, 0.15) is 5.82 Å². The van der Waals surface area contributed by atoms with Crippen molar-refractivity contribution in [2.45, 2.75) is 0 Å². The number of nitrogen functional groups attached to an aromatic ring is 1. The molecule has 2 N–H and O–H groups in total. The van der Waals surface area contributed by atoms with E-state index in [0.29, 0.717) is 0 Å². The molecule has 0 saturated carbocycles. The van der Waals surface area contributed by atoms with Crippen LogP contribution >= 0.6 is 0 Å². The minimum atomic E-state index is -0.340. The summed E-state index contributed by atoms with van der Waals surface area (Å²) in [5.74, 6) is -0.340. The Labute approximate surface area is 89.3 Å². The van der Waals surface area contributed by atoms with E-state index in [-0.39, 0.29) is 11.5 Å². The maximum Gasteiger partial charge on any atom is 0.146 e. The molecule has 1 aliphatic rings. The van der Waals surface area contributed by atoms with Crippen molar-refractivity contribution in [1.29, 1.82) is 0 Å². The zero-order chi connectivity index (χ0) is 10.8. The SMILES string of the molecule is CN1CCN(c2ccc(F)c(N)c2)CC1. The monoisotopic (exact) mass is 209 g/mol. The minimum Gasteiger partial charge on any atom is -0.396 e. The van der Waals surface area contributed by atoms with E-state index in [9.17, 15) is 4.39 Å². The van der Waals surface area contributed by atoms with Gasteiger partial charge in [-0.05, 0) is 25.2 Å². The van der Waals surface area contributed by atoms with Crippen molar-refractivity contribution in [3.63, 3.8) is 0 Å². The lowest BCUT2D eigenvalue weighted by Gasteiger charge is -2.34. The van der Waals surface area contributed by atoms with Crippen LogP contribution in [0.25, 0.3) is 0 Å². The van der Waals surface area contributed by atoms with Crippen LogP contribution < -0.4 is 10.6 Å². The fourth-order valence-corrected chi connectivity index (χ4v) is 1.79. The molecule has 0 bridgehead atoms. The third-order valence-corrected chi connectivity index (χ3v) is 2.85. The molecule has 15 heavy (non-hydrogen) atoms. The summed E-state index contributed by atoms with van der Waals surface area (Å²) >= 11 is 0. The third kappa shape index (κ3) is 2.21. The lowest BCUT2D eigenvalue weighted by Crippen LogP contribution is -2.44. The first-order chi connectivity index (χ1) is 7.16. The molecular formula is C11H16FN3. The van der Waals surface area contributed by atoms with Crippen LogP contribution in [0.5, 0.6) is 0 Å². The van der Waals surface area contributed by atoms with Gasteiger partial charge in [-0.3, -0.25) is 0 Å². The predicted octanol–water partition coefficient (Wildman–Crippen LogP) is 1.16. The fourth-order valence-electron chi connectivity index (χ4n) is 1.79. The number of likely N-dealkylation sites (N-methyl/N-ethyl adjacent to an activating group) is 1. The van der Waals surface area contributed by atoms with Gasteiger partial charge in [-0.15, -0.1) is 0 Å². The van der Waals surface area contributed by atoms with Gasteiger partial charge in [0.2, 0.25) is 0 Å². The second kappa shape index (κ2) is 4.06. The molecule has 1 heterocycles. The molecular weight excluding hydrogens is 193 g/mol. The Morgan fingerprint density at radius 3 is 2.47 bits per heavy atom. The quantitative estimate of drug-likeness (QED) is 0.704. The summed E-state index contributed by atoms with van der Waals surface area (Å²) in [6, 6.07) is 4.93. The summed E-state index contributed by atoms with van der Waals surface area (Å²) in [7, 11) is 2.11. The normalized spacial score (nSPS) is 18.1. The van der Waals surface area contributed by atoms with Crippen molar-refractivity contribution in [2.24, 2.45) is 0 Å². The molecule has 0 amide bonds. The van der Waals surface area contributed by atoms with Gasteiger partial charge in [-0.1, -0.05) is 0 Å². The van der Waals surface area contributed by atoms with Crippen LogP contribution in [0, 0.1) is 5.82 Å². The summed E-state index contributed by atoms with van der Waals surface area (Å²) in [6.45, 7) is 4.03. The lowest BCUT2D eigenvalue weighted by atomic mass is 10.2. The highest BCUT2D eigenvalue weighted by molar-refractivity contribution is 5.56. The summed E-state index contributed by atoms with van der Waals surface area (Å²) < 4.78 is 13.0. The summed E-state index contributed by atoms with van der Waals surface area (Å²) in [5.41, 5.74) is 6.79. The Morgan fingerprint density at radius 2 is 1.87 bits per heavy atom. The third-order valence-electron chi connectivity index (χ3n) is 2.85. The summed E-state index contributed by atoms with van der Waals surface area (Å²) in [6.07, 6.45) is 0. The Hall–Kier alpha value is -1.29. The Kier molecular flexibility index (Phi) is 2.77. The molecule has 4 heteroatoms. The number of halogens is 1. The van der Waals surface area contributed by atoms with E-state index in [0.717, 1.165) is 31.9 Å². The maximum absolute atomic E-state index is 13.0. The van der Waals surface area contributed by atoms with E-state index < -0.39 is 0 Å². The molecule has 3 nitrogen and oxygen atoms in total. The zero-order valence-corrected chi connectivity index (χ0v) is 8.91. The lowest BCUT2D eigenvalue weighted by molar-refractivity contribution is 0.313. The molecule has 2 rings (SSSR count). The molecule has 0 radical (unpaired) electrons. The molecule has 0 unspecified atom stereocenters. The van der Waals surface area contributed by atoms with E-state index in [1.165, 1.54) is 6.07 Å². The smallest absolute Gasteiger partial charge is 0.146 e. The molecule has 0 aliphatic carbocycles. The Bertz CT molecular complexity index is 346. The van der Waals surface area contributed by atoms with Crippen LogP contribution in [0.4, 0.5) is 15.8 Å². The van der Waals surface area contributed by atoms with Crippen molar-refractivity contribution in [3.05, 3.63) is 24.0 Å². The second-order valence-electron chi connectivity index (χ2n) is 4.00. The van der Waals surface area contributed by atoms with Crippen LogP contribution in [0.1, 0.15) is 0 Å². The van der Waals surface area contributed by atoms with Gasteiger partial charge >= 0.3 is 0 Å². The highest BCUT2D eigenvalue weighted by atomic mass is 19.1. The standard InChI is InChI=1S/C11H16FN3/c1-14-4-6-15(7-5-14)9-2-3-10(12)11(13)8-9/h2-3,8H,4-7,13H2,1H3. The van der Waals surface area contributed by atoms with Gasteiger partial charge in [-0.25, -0.2) is 4.39 Å². The average molecular weight is 209 g/mol. The maximum atomic E-state index is 13.0. The van der Waals surface area contributed by atoms with Gasteiger partial charge < -0.3 is 15.5 Å². The number of anilines is 2. The predicted molar refractivity (Wildman–Crippen MR) is 60.5 cm³/mol. The number of nitrogens with two attached hydrogens (primary N) is 1. The minimum absolute atomic E-state index is 0.228. The van der Waals surface area contributed by atoms with E-state index in [2.05, 4.69) is 16.8 Å². The van der Waals surface area contributed by atoms with Gasteiger partial charge in [0.15, 0.2) is 0 Å². The van der Waals surface area contributed by atoms with Crippen molar-refractivity contribution in [3.8, 4) is 0 Å². The Balaban J connectivity index is 2.12. The average Bonchev–Trinajstić information content (AvgIpc) is 2.23. The van der Waals surface area contributed by atoms with E-state index >= 15 is 0 Å². The second-order valence-corrected chi connectivity index (χ2v) is 4.00. The fraction of sp³-hybridized carbons (Fsp3) is 0.455. The summed E-state index contributed by atoms with van der Waals surface area (Å²) in [4.78, 5) is 4.51. The molecule has 1 fully saturated rings. The molecule has 0 atom stereocenters. The van der Waals surface area contributed by atoms with Crippen molar-refractivity contribution < 1.29 is 4.39 Å². The van der Waals surface area contributed by atoms with Crippen molar-refractivity contribution in [2.75, 3.05) is 43.9 Å². The highest BCUT2D eigenvalue weighted by Gasteiger charge is 2.14. The number of hydrogen-bond donors (Lipinski definition) is 1. The van der Waals surface area contributed by atoms with Crippen LogP contribution in [-0.4, -0.2) is 38.1 Å². The zero-order valence-electron chi connectivity index (χ0n) is 8.91. The van der Waals surface area contributed by atoms with E-state index in [1.807, 2.05) is 0 Å². The van der Waals surface area contributed by atoms with Crippen LogP contribution in [0.2, 0.25) is 0 Å². The number of nitrogens with zero attached hydrogens (tertiary/aromatic N) is 2. The summed E-state index contributed by atoms with van der Waals surface area (Å²) in [5, 5.41) is 0. The topological polar surface area (TPSA) is 32.5 Å². The van der Waals surface area contributed by atoms with Crippen LogP contribution in [0.3, 0.4) is 0 Å². The van der Waals surface area contributed by atoms with Crippen molar-refractivity contribution in [1.82, 2.24) is 4.90 Å². The van der Waals surface area contributed by atoms with Gasteiger partial charge in [0.25, 0.3) is 0 Å². The van der Waals surface area contributed by atoms with E-state index in [4.69, 9.17) is 5.73 Å².